The number of aromatic nitrogens is 1. The standard InChI is InChI=1S/C13H9ClN2/c14-12-4-1-10(2-5-12)7-13-6-3-11(8-15)9-16-13/h1-6,9H,7H2. The second-order valence-corrected chi connectivity index (χ2v) is 3.89. The molecule has 0 aliphatic rings. The minimum Gasteiger partial charge on any atom is -0.260 e. The SMILES string of the molecule is N#Cc1ccc(Cc2ccc(Cl)cc2)nc1. The van der Waals surface area contributed by atoms with E-state index in [9.17, 15) is 0 Å². The summed E-state index contributed by atoms with van der Waals surface area (Å²) in [6.45, 7) is 0. The van der Waals surface area contributed by atoms with E-state index in [1.54, 1.807) is 12.3 Å². The zero-order chi connectivity index (χ0) is 11.4. The van der Waals surface area contributed by atoms with Gasteiger partial charge in [-0.1, -0.05) is 23.7 Å². The molecule has 0 fully saturated rings. The number of hydrogen-bond donors (Lipinski definition) is 0. The molecule has 0 amide bonds. The van der Waals surface area contributed by atoms with Crippen LogP contribution in [0.1, 0.15) is 16.8 Å². The van der Waals surface area contributed by atoms with Crippen molar-refractivity contribution in [2.75, 3.05) is 0 Å². The summed E-state index contributed by atoms with van der Waals surface area (Å²) >= 11 is 5.80. The summed E-state index contributed by atoms with van der Waals surface area (Å²) in [4.78, 5) is 4.21. The normalized spacial score (nSPS) is 9.75. The Morgan fingerprint density at radius 1 is 1.12 bits per heavy atom. The molecule has 0 aliphatic heterocycles. The van der Waals surface area contributed by atoms with E-state index in [-0.39, 0.29) is 0 Å². The summed E-state index contributed by atoms with van der Waals surface area (Å²) in [5.74, 6) is 0. The maximum absolute atomic E-state index is 8.64. The van der Waals surface area contributed by atoms with E-state index in [0.29, 0.717) is 5.56 Å². The van der Waals surface area contributed by atoms with Gasteiger partial charge in [0.05, 0.1) is 5.56 Å². The van der Waals surface area contributed by atoms with Gasteiger partial charge in [-0.2, -0.15) is 5.26 Å². The van der Waals surface area contributed by atoms with Crippen LogP contribution in [-0.2, 0) is 6.42 Å². The first-order chi connectivity index (χ1) is 7.78. The van der Waals surface area contributed by atoms with Gasteiger partial charge in [0.2, 0.25) is 0 Å². The minimum absolute atomic E-state index is 0.583. The number of benzene rings is 1. The van der Waals surface area contributed by atoms with Crippen LogP contribution in [0, 0.1) is 11.3 Å². The monoisotopic (exact) mass is 228 g/mol. The number of rotatable bonds is 2. The fourth-order valence-electron chi connectivity index (χ4n) is 1.41. The predicted molar refractivity (Wildman–Crippen MR) is 63.2 cm³/mol. The summed E-state index contributed by atoms with van der Waals surface area (Å²) in [6.07, 6.45) is 2.34. The molecule has 3 heteroatoms. The molecule has 0 aliphatic carbocycles. The Kier molecular flexibility index (Phi) is 3.19. The second kappa shape index (κ2) is 4.78. The third-order valence-electron chi connectivity index (χ3n) is 2.25. The number of halogens is 1. The Morgan fingerprint density at radius 3 is 2.44 bits per heavy atom. The maximum atomic E-state index is 8.64. The van der Waals surface area contributed by atoms with Crippen LogP contribution in [0.25, 0.3) is 0 Å². The van der Waals surface area contributed by atoms with Crippen molar-refractivity contribution >= 4 is 11.6 Å². The summed E-state index contributed by atoms with van der Waals surface area (Å²) in [5, 5.41) is 9.38. The van der Waals surface area contributed by atoms with Crippen LogP contribution in [0.15, 0.2) is 42.6 Å². The molecule has 0 radical (unpaired) electrons. The quantitative estimate of drug-likeness (QED) is 0.792. The molecular formula is C13H9ClN2. The van der Waals surface area contributed by atoms with Crippen molar-refractivity contribution in [3.05, 3.63) is 64.4 Å². The van der Waals surface area contributed by atoms with Gasteiger partial charge in [-0.3, -0.25) is 4.98 Å². The lowest BCUT2D eigenvalue weighted by molar-refractivity contribution is 1.07. The first kappa shape index (κ1) is 10.7. The van der Waals surface area contributed by atoms with Gasteiger partial charge in [-0.05, 0) is 29.8 Å². The van der Waals surface area contributed by atoms with Crippen LogP contribution in [0.5, 0.6) is 0 Å². The molecule has 0 saturated carbocycles. The third-order valence-corrected chi connectivity index (χ3v) is 2.50. The molecule has 0 unspecified atom stereocenters. The fraction of sp³-hybridized carbons (Fsp3) is 0.0769. The molecule has 1 heterocycles. The van der Waals surface area contributed by atoms with Gasteiger partial charge in [0, 0.05) is 23.3 Å². The highest BCUT2D eigenvalue weighted by Gasteiger charge is 1.98. The lowest BCUT2D eigenvalue weighted by Crippen LogP contribution is -1.92. The number of pyridine rings is 1. The lowest BCUT2D eigenvalue weighted by atomic mass is 10.1. The molecule has 78 valence electrons. The van der Waals surface area contributed by atoms with E-state index in [1.807, 2.05) is 36.4 Å². The van der Waals surface area contributed by atoms with E-state index in [0.717, 1.165) is 22.7 Å². The van der Waals surface area contributed by atoms with Crippen molar-refractivity contribution < 1.29 is 0 Å². The molecular weight excluding hydrogens is 220 g/mol. The first-order valence-corrected chi connectivity index (χ1v) is 5.25. The van der Waals surface area contributed by atoms with Gasteiger partial charge in [-0.15, -0.1) is 0 Å². The topological polar surface area (TPSA) is 36.7 Å². The van der Waals surface area contributed by atoms with Crippen LogP contribution < -0.4 is 0 Å². The molecule has 0 spiro atoms. The molecule has 0 saturated heterocycles. The lowest BCUT2D eigenvalue weighted by Gasteiger charge is -2.01. The highest BCUT2D eigenvalue weighted by atomic mass is 35.5. The molecule has 2 rings (SSSR count). The molecule has 0 bridgehead atoms. The highest BCUT2D eigenvalue weighted by Crippen LogP contribution is 2.12. The smallest absolute Gasteiger partial charge is 0.101 e. The molecule has 0 atom stereocenters. The molecule has 1 aromatic heterocycles. The molecule has 2 aromatic rings. The van der Waals surface area contributed by atoms with Crippen molar-refractivity contribution in [2.24, 2.45) is 0 Å². The van der Waals surface area contributed by atoms with Gasteiger partial charge in [0.25, 0.3) is 0 Å². The van der Waals surface area contributed by atoms with Crippen molar-refractivity contribution in [1.82, 2.24) is 4.98 Å². The van der Waals surface area contributed by atoms with E-state index >= 15 is 0 Å². The Balaban J connectivity index is 2.15. The van der Waals surface area contributed by atoms with Gasteiger partial charge in [0.15, 0.2) is 0 Å². The zero-order valence-corrected chi connectivity index (χ0v) is 9.28. The van der Waals surface area contributed by atoms with Gasteiger partial charge in [-0.25, -0.2) is 0 Å². The van der Waals surface area contributed by atoms with Crippen molar-refractivity contribution in [3.8, 4) is 6.07 Å². The van der Waals surface area contributed by atoms with E-state index in [1.165, 1.54) is 0 Å². The minimum atomic E-state index is 0.583. The average Bonchev–Trinajstić information content (AvgIpc) is 2.33. The summed E-state index contributed by atoms with van der Waals surface area (Å²) in [6, 6.07) is 13.4. The van der Waals surface area contributed by atoms with E-state index in [2.05, 4.69) is 4.98 Å². The van der Waals surface area contributed by atoms with Crippen molar-refractivity contribution in [1.29, 1.82) is 5.26 Å². The van der Waals surface area contributed by atoms with Gasteiger partial charge < -0.3 is 0 Å². The van der Waals surface area contributed by atoms with Crippen molar-refractivity contribution in [3.63, 3.8) is 0 Å². The fourth-order valence-corrected chi connectivity index (χ4v) is 1.53. The Bertz CT molecular complexity index is 509. The van der Waals surface area contributed by atoms with Crippen LogP contribution in [-0.4, -0.2) is 4.98 Å². The first-order valence-electron chi connectivity index (χ1n) is 4.87. The zero-order valence-electron chi connectivity index (χ0n) is 8.52. The van der Waals surface area contributed by atoms with E-state index < -0.39 is 0 Å². The molecule has 1 aromatic carbocycles. The average molecular weight is 229 g/mol. The number of nitrogens with zero attached hydrogens (tertiary/aromatic N) is 2. The second-order valence-electron chi connectivity index (χ2n) is 3.45. The Labute approximate surface area is 99.1 Å². The van der Waals surface area contributed by atoms with Crippen LogP contribution in [0.3, 0.4) is 0 Å². The van der Waals surface area contributed by atoms with Crippen molar-refractivity contribution in [2.45, 2.75) is 6.42 Å². The van der Waals surface area contributed by atoms with Crippen LogP contribution in [0.4, 0.5) is 0 Å². The van der Waals surface area contributed by atoms with Crippen LogP contribution in [0.2, 0.25) is 5.02 Å². The maximum Gasteiger partial charge on any atom is 0.101 e. The summed E-state index contributed by atoms with van der Waals surface area (Å²) in [7, 11) is 0. The molecule has 0 N–H and O–H groups in total. The van der Waals surface area contributed by atoms with Crippen LogP contribution >= 0.6 is 11.6 Å². The number of hydrogen-bond acceptors (Lipinski definition) is 2. The number of nitriles is 1. The van der Waals surface area contributed by atoms with Gasteiger partial charge >= 0.3 is 0 Å². The van der Waals surface area contributed by atoms with E-state index in [4.69, 9.17) is 16.9 Å². The molecule has 16 heavy (non-hydrogen) atoms. The van der Waals surface area contributed by atoms with Gasteiger partial charge in [0.1, 0.15) is 6.07 Å². The summed E-state index contributed by atoms with van der Waals surface area (Å²) in [5.41, 5.74) is 2.68. The molecule has 2 nitrogen and oxygen atoms in total. The highest BCUT2D eigenvalue weighted by molar-refractivity contribution is 6.30. The predicted octanol–water partition coefficient (Wildman–Crippen LogP) is 3.20. The third kappa shape index (κ3) is 2.59. The summed E-state index contributed by atoms with van der Waals surface area (Å²) < 4.78 is 0. The Morgan fingerprint density at radius 2 is 1.88 bits per heavy atom. The Hall–Kier alpha value is -1.85. The largest absolute Gasteiger partial charge is 0.260 e.